The minimum Gasteiger partial charge on any atom is -0.493 e. The van der Waals surface area contributed by atoms with Gasteiger partial charge >= 0.3 is 0 Å². The Bertz CT molecular complexity index is 436. The number of fused-ring (bicyclic) bond motifs is 1. The number of hydrogen-bond donors (Lipinski definition) is 2. The molecule has 1 aliphatic rings. The first kappa shape index (κ1) is 12.7. The summed E-state index contributed by atoms with van der Waals surface area (Å²) >= 11 is 3.51. The molecular formula is C12H16BrNO3. The number of aliphatic hydroxyl groups excluding tert-OH is 1. The molecule has 0 saturated carbocycles. The van der Waals surface area contributed by atoms with Crippen molar-refractivity contribution >= 4 is 15.9 Å². The normalized spacial score (nSPS) is 19.7. The zero-order valence-corrected chi connectivity index (χ0v) is 11.5. The van der Waals surface area contributed by atoms with Gasteiger partial charge in [0.25, 0.3) is 0 Å². The Balaban J connectivity index is 2.55. The summed E-state index contributed by atoms with van der Waals surface area (Å²) in [5, 5.41) is 9.88. The monoisotopic (exact) mass is 301 g/mol. The fourth-order valence-corrected chi connectivity index (χ4v) is 2.78. The van der Waals surface area contributed by atoms with Gasteiger partial charge in [0.2, 0.25) is 0 Å². The van der Waals surface area contributed by atoms with E-state index in [0.717, 1.165) is 27.8 Å². The number of halogens is 1. The average molecular weight is 302 g/mol. The van der Waals surface area contributed by atoms with Crippen molar-refractivity contribution in [2.45, 2.75) is 25.6 Å². The molecule has 1 heterocycles. The summed E-state index contributed by atoms with van der Waals surface area (Å²) in [4.78, 5) is 0. The van der Waals surface area contributed by atoms with E-state index < -0.39 is 6.10 Å². The zero-order chi connectivity index (χ0) is 12.6. The Morgan fingerprint density at radius 1 is 1.71 bits per heavy atom. The number of benzene rings is 1. The van der Waals surface area contributed by atoms with E-state index in [-0.39, 0.29) is 12.6 Å². The van der Waals surface area contributed by atoms with Crippen LogP contribution < -0.4 is 15.2 Å². The molecule has 0 aromatic heterocycles. The molecule has 3 N–H and O–H groups in total. The van der Waals surface area contributed by atoms with Crippen molar-refractivity contribution < 1.29 is 14.6 Å². The lowest BCUT2D eigenvalue weighted by Gasteiger charge is -2.16. The van der Waals surface area contributed by atoms with Crippen LogP contribution in [0.1, 0.15) is 24.2 Å². The molecule has 17 heavy (non-hydrogen) atoms. The molecule has 5 heteroatoms. The van der Waals surface area contributed by atoms with Gasteiger partial charge in [-0.1, -0.05) is 0 Å². The second kappa shape index (κ2) is 4.84. The number of rotatable bonds is 3. The largest absolute Gasteiger partial charge is 0.493 e. The van der Waals surface area contributed by atoms with Crippen molar-refractivity contribution in [3.8, 4) is 11.5 Å². The van der Waals surface area contributed by atoms with Crippen LogP contribution in [-0.4, -0.2) is 24.9 Å². The molecule has 1 aliphatic heterocycles. The summed E-state index contributed by atoms with van der Waals surface area (Å²) in [7, 11) is 1.59. The number of ether oxygens (including phenoxy) is 2. The van der Waals surface area contributed by atoms with E-state index in [1.54, 1.807) is 13.2 Å². The molecule has 2 rings (SSSR count). The Morgan fingerprint density at radius 2 is 2.41 bits per heavy atom. The highest BCUT2D eigenvalue weighted by molar-refractivity contribution is 9.10. The molecule has 4 nitrogen and oxygen atoms in total. The minimum atomic E-state index is -0.695. The third-order valence-electron chi connectivity index (χ3n) is 2.92. The van der Waals surface area contributed by atoms with Gasteiger partial charge in [-0.2, -0.15) is 0 Å². The summed E-state index contributed by atoms with van der Waals surface area (Å²) in [5.41, 5.74) is 7.29. The first-order valence-electron chi connectivity index (χ1n) is 5.52. The van der Waals surface area contributed by atoms with Crippen molar-refractivity contribution in [1.29, 1.82) is 0 Å². The molecule has 0 radical (unpaired) electrons. The molecule has 0 aliphatic carbocycles. The van der Waals surface area contributed by atoms with E-state index in [1.807, 2.05) is 6.92 Å². The van der Waals surface area contributed by atoms with E-state index >= 15 is 0 Å². The predicted molar refractivity (Wildman–Crippen MR) is 68.5 cm³/mol. The second-order valence-electron chi connectivity index (χ2n) is 4.17. The molecule has 0 fully saturated rings. The molecule has 0 spiro atoms. The van der Waals surface area contributed by atoms with E-state index in [9.17, 15) is 5.11 Å². The molecule has 2 atom stereocenters. The van der Waals surface area contributed by atoms with E-state index in [0.29, 0.717) is 5.75 Å². The molecular weight excluding hydrogens is 286 g/mol. The molecule has 0 amide bonds. The van der Waals surface area contributed by atoms with Gasteiger partial charge in [0, 0.05) is 28.6 Å². The zero-order valence-electron chi connectivity index (χ0n) is 9.87. The standard InChI is InChI=1S/C12H16BrNO3/c1-6-3-8-11(13)7(9(15)5-14)4-10(16-2)12(8)17-6/h4,6,9,15H,3,5,14H2,1-2H3. The lowest BCUT2D eigenvalue weighted by Crippen LogP contribution is -2.12. The average Bonchev–Trinajstić information content (AvgIpc) is 2.71. The van der Waals surface area contributed by atoms with Crippen LogP contribution in [0.3, 0.4) is 0 Å². The Morgan fingerprint density at radius 3 is 3.00 bits per heavy atom. The molecule has 1 aromatic rings. The smallest absolute Gasteiger partial charge is 0.166 e. The van der Waals surface area contributed by atoms with Gasteiger partial charge in [-0.3, -0.25) is 0 Å². The third-order valence-corrected chi connectivity index (χ3v) is 3.85. The van der Waals surface area contributed by atoms with E-state index in [4.69, 9.17) is 15.2 Å². The Hall–Kier alpha value is -0.780. The number of nitrogens with two attached hydrogens (primary N) is 1. The SMILES string of the molecule is COc1cc(C(O)CN)c(Br)c2c1OC(C)C2. The number of hydrogen-bond acceptors (Lipinski definition) is 4. The molecule has 0 saturated heterocycles. The Kier molecular flexibility index (Phi) is 3.61. The van der Waals surface area contributed by atoms with Crippen LogP contribution in [0.5, 0.6) is 11.5 Å². The van der Waals surface area contributed by atoms with Crippen molar-refractivity contribution in [3.63, 3.8) is 0 Å². The maximum absolute atomic E-state index is 9.88. The van der Waals surface area contributed by atoms with Crippen molar-refractivity contribution in [1.82, 2.24) is 0 Å². The summed E-state index contributed by atoms with van der Waals surface area (Å²) in [5.74, 6) is 1.41. The first-order chi connectivity index (χ1) is 8.08. The van der Waals surface area contributed by atoms with Crippen LogP contribution in [0.15, 0.2) is 10.5 Å². The number of aliphatic hydroxyl groups is 1. The van der Waals surface area contributed by atoms with Crippen LogP contribution in [0.4, 0.5) is 0 Å². The van der Waals surface area contributed by atoms with Gasteiger partial charge in [-0.15, -0.1) is 0 Å². The van der Waals surface area contributed by atoms with Crippen molar-refractivity contribution in [3.05, 3.63) is 21.7 Å². The van der Waals surface area contributed by atoms with Crippen molar-refractivity contribution in [2.75, 3.05) is 13.7 Å². The van der Waals surface area contributed by atoms with Crippen LogP contribution in [0, 0.1) is 0 Å². The second-order valence-corrected chi connectivity index (χ2v) is 4.97. The minimum absolute atomic E-state index is 0.125. The molecule has 94 valence electrons. The summed E-state index contributed by atoms with van der Waals surface area (Å²) in [6.07, 6.45) is 0.233. The highest BCUT2D eigenvalue weighted by Crippen LogP contribution is 2.45. The van der Waals surface area contributed by atoms with Crippen molar-refractivity contribution in [2.24, 2.45) is 5.73 Å². The molecule has 0 bridgehead atoms. The van der Waals surface area contributed by atoms with Crippen LogP contribution >= 0.6 is 15.9 Å². The van der Waals surface area contributed by atoms with Crippen LogP contribution in [0.2, 0.25) is 0 Å². The predicted octanol–water partition coefficient (Wildman–Crippen LogP) is 1.77. The maximum atomic E-state index is 9.88. The number of methoxy groups -OCH3 is 1. The fraction of sp³-hybridized carbons (Fsp3) is 0.500. The van der Waals surface area contributed by atoms with Gasteiger partial charge < -0.3 is 20.3 Å². The highest BCUT2D eigenvalue weighted by atomic mass is 79.9. The molecule has 2 unspecified atom stereocenters. The summed E-state index contributed by atoms with van der Waals surface area (Å²) in [6, 6.07) is 1.78. The fourth-order valence-electron chi connectivity index (χ4n) is 2.06. The van der Waals surface area contributed by atoms with E-state index in [1.165, 1.54) is 0 Å². The maximum Gasteiger partial charge on any atom is 0.166 e. The van der Waals surface area contributed by atoms with Gasteiger partial charge in [0.1, 0.15) is 6.10 Å². The first-order valence-corrected chi connectivity index (χ1v) is 6.31. The van der Waals surface area contributed by atoms with Crippen LogP contribution in [-0.2, 0) is 6.42 Å². The van der Waals surface area contributed by atoms with Gasteiger partial charge in [0.05, 0.1) is 13.2 Å². The third kappa shape index (κ3) is 2.14. The lowest BCUT2D eigenvalue weighted by molar-refractivity contribution is 0.185. The highest BCUT2D eigenvalue weighted by Gasteiger charge is 2.28. The van der Waals surface area contributed by atoms with E-state index in [2.05, 4.69) is 15.9 Å². The summed E-state index contributed by atoms with van der Waals surface area (Å²) < 4.78 is 11.9. The Labute approximate surface area is 109 Å². The quantitative estimate of drug-likeness (QED) is 0.893. The topological polar surface area (TPSA) is 64.7 Å². The lowest BCUT2D eigenvalue weighted by atomic mass is 10.0. The summed E-state index contributed by atoms with van der Waals surface area (Å²) in [6.45, 7) is 2.18. The van der Waals surface area contributed by atoms with Crippen LogP contribution in [0.25, 0.3) is 0 Å². The van der Waals surface area contributed by atoms with Gasteiger partial charge in [-0.05, 0) is 28.9 Å². The van der Waals surface area contributed by atoms with Gasteiger partial charge in [-0.25, -0.2) is 0 Å². The molecule has 1 aromatic carbocycles. The van der Waals surface area contributed by atoms with Gasteiger partial charge in [0.15, 0.2) is 11.5 Å².